The summed E-state index contributed by atoms with van der Waals surface area (Å²) in [6.45, 7) is 1.70. The molecule has 0 bridgehead atoms. The molecule has 1 aromatic rings. The normalized spacial score (nSPS) is 25.6. The van der Waals surface area contributed by atoms with Gasteiger partial charge >= 0.3 is 0 Å². The molecule has 0 saturated carbocycles. The van der Waals surface area contributed by atoms with Crippen molar-refractivity contribution in [1.82, 2.24) is 0 Å². The highest BCUT2D eigenvalue weighted by atomic mass is 127. The van der Waals surface area contributed by atoms with Gasteiger partial charge in [0.15, 0.2) is 0 Å². The number of ether oxygens (including phenoxy) is 1. The van der Waals surface area contributed by atoms with E-state index in [0.29, 0.717) is 5.88 Å². The third kappa shape index (κ3) is 3.11. The summed E-state index contributed by atoms with van der Waals surface area (Å²) in [6.07, 6.45) is 3.35. The van der Waals surface area contributed by atoms with Crippen molar-refractivity contribution in [2.75, 3.05) is 19.1 Å². The van der Waals surface area contributed by atoms with Gasteiger partial charge in [0.05, 0.1) is 6.61 Å². The Balaban J connectivity index is 2.08. The first-order valence-electron chi connectivity index (χ1n) is 5.62. The predicted molar refractivity (Wildman–Crippen MR) is 76.1 cm³/mol. The second kappa shape index (κ2) is 5.69. The van der Waals surface area contributed by atoms with E-state index in [4.69, 9.17) is 16.3 Å². The van der Waals surface area contributed by atoms with Gasteiger partial charge < -0.3 is 4.74 Å². The monoisotopic (exact) mass is 350 g/mol. The maximum Gasteiger partial charge on any atom is 0.0537 e. The predicted octanol–water partition coefficient (Wildman–Crippen LogP) is 3.87. The fourth-order valence-electron chi connectivity index (χ4n) is 2.24. The van der Waals surface area contributed by atoms with E-state index in [0.717, 1.165) is 26.1 Å². The molecule has 1 aliphatic heterocycles. The molecule has 0 spiro atoms. The molecule has 1 atom stereocenters. The number of rotatable bonds is 3. The van der Waals surface area contributed by atoms with E-state index in [1.807, 2.05) is 0 Å². The third-order valence-corrected chi connectivity index (χ3v) is 4.47. The van der Waals surface area contributed by atoms with Gasteiger partial charge in [0, 0.05) is 21.5 Å². The Morgan fingerprint density at radius 2 is 2.06 bits per heavy atom. The largest absolute Gasteiger partial charge is 0.381 e. The van der Waals surface area contributed by atoms with Gasteiger partial charge in [-0.25, -0.2) is 0 Å². The highest BCUT2D eigenvalue weighted by Gasteiger charge is 2.32. The van der Waals surface area contributed by atoms with Gasteiger partial charge in [-0.05, 0) is 59.5 Å². The average Bonchev–Trinajstić information content (AvgIpc) is 2.33. The molecule has 0 aromatic heterocycles. The Kier molecular flexibility index (Phi) is 4.50. The van der Waals surface area contributed by atoms with Crippen molar-refractivity contribution in [2.45, 2.75) is 19.3 Å². The number of hydrogen-bond acceptors (Lipinski definition) is 1. The summed E-state index contributed by atoms with van der Waals surface area (Å²) in [5.74, 6) is 0.693. The Labute approximate surface area is 116 Å². The van der Waals surface area contributed by atoms with E-state index < -0.39 is 0 Å². The van der Waals surface area contributed by atoms with Crippen LogP contribution in [0.1, 0.15) is 18.4 Å². The van der Waals surface area contributed by atoms with Crippen LogP contribution in [-0.2, 0) is 11.2 Å². The van der Waals surface area contributed by atoms with E-state index in [2.05, 4.69) is 46.9 Å². The molecule has 88 valence electrons. The van der Waals surface area contributed by atoms with Crippen molar-refractivity contribution in [1.29, 1.82) is 0 Å². The van der Waals surface area contributed by atoms with Crippen LogP contribution in [0.15, 0.2) is 24.3 Å². The molecule has 16 heavy (non-hydrogen) atoms. The maximum absolute atomic E-state index is 6.14. The zero-order valence-electron chi connectivity index (χ0n) is 9.22. The van der Waals surface area contributed by atoms with Crippen molar-refractivity contribution < 1.29 is 4.74 Å². The summed E-state index contributed by atoms with van der Waals surface area (Å²) in [5.41, 5.74) is 1.53. The van der Waals surface area contributed by atoms with E-state index >= 15 is 0 Å². The van der Waals surface area contributed by atoms with Gasteiger partial charge in [0.2, 0.25) is 0 Å². The van der Waals surface area contributed by atoms with Crippen molar-refractivity contribution >= 4 is 34.2 Å². The minimum absolute atomic E-state index is 0.159. The summed E-state index contributed by atoms with van der Waals surface area (Å²) in [4.78, 5) is 0. The van der Waals surface area contributed by atoms with Crippen LogP contribution in [0, 0.1) is 8.99 Å². The molecule has 1 fully saturated rings. The number of hydrogen-bond donors (Lipinski definition) is 0. The molecule has 1 unspecified atom stereocenters. The standard InChI is InChI=1S/C13H16ClIO/c14-9-13(6-1-7-16-10-13)8-11-2-4-12(15)5-3-11/h2-5H,1,6-10H2. The van der Waals surface area contributed by atoms with Crippen molar-refractivity contribution in [3.63, 3.8) is 0 Å². The second-order valence-electron chi connectivity index (χ2n) is 4.59. The first-order valence-corrected chi connectivity index (χ1v) is 7.24. The SMILES string of the molecule is ClCC1(Cc2ccc(I)cc2)CCCOC1. The number of halogens is 2. The van der Waals surface area contributed by atoms with E-state index in [-0.39, 0.29) is 5.41 Å². The zero-order valence-corrected chi connectivity index (χ0v) is 12.1. The van der Waals surface area contributed by atoms with Gasteiger partial charge in [0.25, 0.3) is 0 Å². The summed E-state index contributed by atoms with van der Waals surface area (Å²) in [5, 5.41) is 0. The Hall–Kier alpha value is 0.200. The molecule has 0 aliphatic carbocycles. The van der Waals surface area contributed by atoms with E-state index in [1.165, 1.54) is 15.6 Å². The van der Waals surface area contributed by atoms with Crippen LogP contribution < -0.4 is 0 Å². The number of alkyl halides is 1. The number of benzene rings is 1. The van der Waals surface area contributed by atoms with E-state index in [9.17, 15) is 0 Å². The van der Waals surface area contributed by atoms with Gasteiger partial charge in [-0.1, -0.05) is 12.1 Å². The maximum atomic E-state index is 6.14. The lowest BCUT2D eigenvalue weighted by Gasteiger charge is -2.35. The van der Waals surface area contributed by atoms with Crippen molar-refractivity contribution in [3.8, 4) is 0 Å². The lowest BCUT2D eigenvalue weighted by atomic mass is 9.79. The van der Waals surface area contributed by atoms with Crippen LogP contribution in [0.3, 0.4) is 0 Å². The molecular weight excluding hydrogens is 334 g/mol. The molecule has 1 aromatic carbocycles. The fourth-order valence-corrected chi connectivity index (χ4v) is 2.90. The third-order valence-electron chi connectivity index (χ3n) is 3.18. The van der Waals surface area contributed by atoms with Crippen LogP contribution in [0.4, 0.5) is 0 Å². The van der Waals surface area contributed by atoms with Crippen molar-refractivity contribution in [2.24, 2.45) is 5.41 Å². The Morgan fingerprint density at radius 3 is 2.62 bits per heavy atom. The van der Waals surface area contributed by atoms with Crippen molar-refractivity contribution in [3.05, 3.63) is 33.4 Å². The van der Waals surface area contributed by atoms with Crippen LogP contribution in [0.25, 0.3) is 0 Å². The minimum Gasteiger partial charge on any atom is -0.381 e. The lowest BCUT2D eigenvalue weighted by molar-refractivity contribution is 0.00477. The molecule has 0 amide bonds. The molecular formula is C13H16ClIO. The average molecular weight is 351 g/mol. The van der Waals surface area contributed by atoms with Crippen LogP contribution in [-0.4, -0.2) is 19.1 Å². The molecule has 1 heterocycles. The summed E-state index contributed by atoms with van der Waals surface area (Å²) in [7, 11) is 0. The first kappa shape index (κ1) is 12.7. The lowest BCUT2D eigenvalue weighted by Crippen LogP contribution is -2.35. The Bertz CT molecular complexity index is 330. The molecule has 1 saturated heterocycles. The molecule has 3 heteroatoms. The molecule has 2 rings (SSSR count). The highest BCUT2D eigenvalue weighted by molar-refractivity contribution is 14.1. The van der Waals surface area contributed by atoms with Crippen LogP contribution in [0.2, 0.25) is 0 Å². The first-order chi connectivity index (χ1) is 7.74. The second-order valence-corrected chi connectivity index (χ2v) is 6.11. The van der Waals surface area contributed by atoms with Crippen LogP contribution >= 0.6 is 34.2 Å². The van der Waals surface area contributed by atoms with Gasteiger partial charge in [-0.15, -0.1) is 11.6 Å². The van der Waals surface area contributed by atoms with Gasteiger partial charge in [0.1, 0.15) is 0 Å². The Morgan fingerprint density at radius 1 is 1.31 bits per heavy atom. The summed E-state index contributed by atoms with van der Waals surface area (Å²) < 4.78 is 6.87. The highest BCUT2D eigenvalue weighted by Crippen LogP contribution is 2.33. The zero-order chi connectivity index (χ0) is 11.4. The quantitative estimate of drug-likeness (QED) is 0.594. The molecule has 1 aliphatic rings. The van der Waals surface area contributed by atoms with E-state index in [1.54, 1.807) is 0 Å². The molecule has 0 radical (unpaired) electrons. The topological polar surface area (TPSA) is 9.23 Å². The minimum atomic E-state index is 0.159. The van der Waals surface area contributed by atoms with Crippen LogP contribution in [0.5, 0.6) is 0 Å². The molecule has 0 N–H and O–H groups in total. The molecule has 1 nitrogen and oxygen atoms in total. The fraction of sp³-hybridized carbons (Fsp3) is 0.538. The van der Waals surface area contributed by atoms with Gasteiger partial charge in [-0.2, -0.15) is 0 Å². The summed E-state index contributed by atoms with van der Waals surface area (Å²) >= 11 is 8.47. The van der Waals surface area contributed by atoms with Gasteiger partial charge in [-0.3, -0.25) is 0 Å². The summed E-state index contributed by atoms with van der Waals surface area (Å²) in [6, 6.07) is 8.71. The smallest absolute Gasteiger partial charge is 0.0537 e.